The highest BCUT2D eigenvalue weighted by Crippen LogP contribution is 2.34. The quantitative estimate of drug-likeness (QED) is 0.113. The summed E-state index contributed by atoms with van der Waals surface area (Å²) in [4.78, 5) is 35.5. The Morgan fingerprint density at radius 3 is 2.57 bits per heavy atom. The minimum absolute atomic E-state index is 0.0658. The van der Waals surface area contributed by atoms with Crippen LogP contribution in [0, 0.1) is 12.7 Å². The molecule has 4 aromatic rings. The van der Waals surface area contributed by atoms with Gasteiger partial charge in [-0.3, -0.25) is 9.59 Å². The number of ether oxygens (including phenoxy) is 1. The Labute approximate surface area is 241 Å². The number of benzene rings is 2. The summed E-state index contributed by atoms with van der Waals surface area (Å²) in [7, 11) is 1.57. The number of methoxy groups -OCH3 is 1. The van der Waals surface area contributed by atoms with Crippen molar-refractivity contribution in [3.8, 4) is 17.0 Å². The van der Waals surface area contributed by atoms with Gasteiger partial charge in [0.1, 0.15) is 23.2 Å². The van der Waals surface area contributed by atoms with Crippen molar-refractivity contribution in [2.75, 3.05) is 7.11 Å². The van der Waals surface area contributed by atoms with Crippen LogP contribution in [0.3, 0.4) is 0 Å². The van der Waals surface area contributed by atoms with Gasteiger partial charge < -0.3 is 20.0 Å². The summed E-state index contributed by atoms with van der Waals surface area (Å²) in [6.45, 7) is 3.70. The van der Waals surface area contributed by atoms with Crippen molar-refractivity contribution in [1.29, 1.82) is 0 Å². The topological polar surface area (TPSA) is 99.9 Å². The number of fused-ring (bicyclic) bond motifs is 1. The van der Waals surface area contributed by atoms with Crippen molar-refractivity contribution in [2.24, 2.45) is 0 Å². The molecular weight excluding hydrogens is 552 g/mol. The Morgan fingerprint density at radius 2 is 1.86 bits per heavy atom. The number of aromatic amines is 2. The SMILES string of the molecule is CCC(=O)CCCCC[C@H](NC(=O)Cc1c(C)[nH]c2ccc(OC)cc12)c1ncc(-c2cc(C(F)(F)F)ccc2F)[nH]1. The Kier molecular flexibility index (Phi) is 9.70. The number of hydrogen-bond donors (Lipinski definition) is 3. The first kappa shape index (κ1) is 30.8. The van der Waals surface area contributed by atoms with Crippen molar-refractivity contribution < 1.29 is 31.9 Å². The van der Waals surface area contributed by atoms with Gasteiger partial charge in [-0.2, -0.15) is 13.2 Å². The van der Waals surface area contributed by atoms with Crippen molar-refractivity contribution >= 4 is 22.6 Å². The van der Waals surface area contributed by atoms with E-state index in [1.165, 1.54) is 6.20 Å². The normalized spacial score (nSPS) is 12.5. The lowest BCUT2D eigenvalue weighted by Crippen LogP contribution is -2.30. The molecule has 0 saturated carbocycles. The van der Waals surface area contributed by atoms with Crippen LogP contribution in [0.2, 0.25) is 0 Å². The van der Waals surface area contributed by atoms with Gasteiger partial charge in [0.2, 0.25) is 5.91 Å². The number of alkyl halides is 3. The van der Waals surface area contributed by atoms with E-state index >= 15 is 0 Å². The molecule has 0 fully saturated rings. The summed E-state index contributed by atoms with van der Waals surface area (Å²) in [5.41, 5.74) is 1.34. The molecule has 3 N–H and O–H groups in total. The molecule has 1 atom stereocenters. The molecule has 0 unspecified atom stereocenters. The molecule has 0 bridgehead atoms. The molecule has 0 aliphatic carbocycles. The van der Waals surface area contributed by atoms with E-state index in [2.05, 4.69) is 20.3 Å². The number of nitrogens with zero attached hydrogens (tertiary/aromatic N) is 1. The van der Waals surface area contributed by atoms with E-state index in [1.54, 1.807) is 7.11 Å². The average Bonchev–Trinajstić information content (AvgIpc) is 3.56. The predicted molar refractivity (Wildman–Crippen MR) is 152 cm³/mol. The summed E-state index contributed by atoms with van der Waals surface area (Å²) in [5.74, 6) is 0.0369. The van der Waals surface area contributed by atoms with E-state index in [4.69, 9.17) is 4.74 Å². The summed E-state index contributed by atoms with van der Waals surface area (Å²) in [6.07, 6.45) is 0.252. The van der Waals surface area contributed by atoms with Gasteiger partial charge in [0.05, 0.1) is 37.0 Å². The van der Waals surface area contributed by atoms with Crippen molar-refractivity contribution in [3.05, 3.63) is 71.1 Å². The van der Waals surface area contributed by atoms with Crippen LogP contribution in [0.25, 0.3) is 22.2 Å². The highest BCUT2D eigenvalue weighted by Gasteiger charge is 2.31. The molecular formula is C31H34F4N4O3. The van der Waals surface area contributed by atoms with E-state index in [-0.39, 0.29) is 29.4 Å². The number of amides is 1. The first-order valence-electron chi connectivity index (χ1n) is 13.9. The molecule has 0 aliphatic rings. The number of carbonyl (C=O) groups excluding carboxylic acids is 2. The predicted octanol–water partition coefficient (Wildman–Crippen LogP) is 7.36. The van der Waals surface area contributed by atoms with Gasteiger partial charge in [-0.1, -0.05) is 19.8 Å². The van der Waals surface area contributed by atoms with Gasteiger partial charge >= 0.3 is 6.18 Å². The Hall–Kier alpha value is -4.15. The number of aryl methyl sites for hydroxylation is 1. The highest BCUT2D eigenvalue weighted by atomic mass is 19.4. The smallest absolute Gasteiger partial charge is 0.416 e. The first-order valence-corrected chi connectivity index (χ1v) is 13.9. The maximum absolute atomic E-state index is 14.6. The second kappa shape index (κ2) is 13.2. The molecule has 0 spiro atoms. The largest absolute Gasteiger partial charge is 0.497 e. The molecule has 0 saturated heterocycles. The fourth-order valence-electron chi connectivity index (χ4n) is 4.98. The van der Waals surface area contributed by atoms with Gasteiger partial charge in [-0.05, 0) is 61.7 Å². The number of aromatic nitrogens is 3. The van der Waals surface area contributed by atoms with E-state index in [0.717, 1.165) is 40.7 Å². The number of Topliss-reactive ketones (excluding diaryl/α,β-unsaturated/α-hetero) is 1. The summed E-state index contributed by atoms with van der Waals surface area (Å²) >= 11 is 0. The zero-order valence-electron chi connectivity index (χ0n) is 23.8. The van der Waals surface area contributed by atoms with Crippen LogP contribution in [-0.4, -0.2) is 33.8 Å². The number of rotatable bonds is 13. The number of unbranched alkanes of at least 4 members (excludes halogenated alkanes) is 2. The number of carbonyl (C=O) groups is 2. The first-order chi connectivity index (χ1) is 20.0. The fourth-order valence-corrected chi connectivity index (χ4v) is 4.98. The molecule has 7 nitrogen and oxygen atoms in total. The van der Waals surface area contributed by atoms with Crippen LogP contribution >= 0.6 is 0 Å². The van der Waals surface area contributed by atoms with Crippen LogP contribution < -0.4 is 10.1 Å². The number of H-pyrrole nitrogens is 2. The maximum atomic E-state index is 14.6. The van der Waals surface area contributed by atoms with E-state index in [9.17, 15) is 27.2 Å². The molecule has 4 rings (SSSR count). The van der Waals surface area contributed by atoms with Crippen LogP contribution in [-0.2, 0) is 22.2 Å². The summed E-state index contributed by atoms with van der Waals surface area (Å²) < 4.78 is 59.7. The molecule has 11 heteroatoms. The number of imidazole rings is 1. The zero-order chi connectivity index (χ0) is 30.4. The molecule has 0 radical (unpaired) electrons. The van der Waals surface area contributed by atoms with Crippen LogP contribution in [0.4, 0.5) is 17.6 Å². The maximum Gasteiger partial charge on any atom is 0.416 e. The molecule has 2 aromatic carbocycles. The van der Waals surface area contributed by atoms with Gasteiger partial charge in [0.15, 0.2) is 0 Å². The third kappa shape index (κ3) is 7.37. The van der Waals surface area contributed by atoms with E-state index in [0.29, 0.717) is 49.7 Å². The second-order valence-electron chi connectivity index (χ2n) is 10.3. The zero-order valence-corrected chi connectivity index (χ0v) is 23.8. The molecule has 0 aliphatic heterocycles. The summed E-state index contributed by atoms with van der Waals surface area (Å²) in [5, 5.41) is 3.86. The molecule has 1 amide bonds. The third-order valence-electron chi connectivity index (χ3n) is 7.35. The molecule has 2 aromatic heterocycles. The fraction of sp³-hybridized carbons (Fsp3) is 0.387. The van der Waals surface area contributed by atoms with Gasteiger partial charge in [0.25, 0.3) is 0 Å². The van der Waals surface area contributed by atoms with Crippen molar-refractivity contribution in [1.82, 2.24) is 20.3 Å². The minimum Gasteiger partial charge on any atom is -0.497 e. The van der Waals surface area contributed by atoms with Crippen molar-refractivity contribution in [2.45, 2.75) is 71.0 Å². The lowest BCUT2D eigenvalue weighted by atomic mass is 10.0. The Balaban J connectivity index is 1.56. The number of ketones is 1. The highest BCUT2D eigenvalue weighted by molar-refractivity contribution is 5.91. The standard InChI is InChI=1S/C31H34F4N4O3/c1-4-20(40)8-6-5-7-9-27(30-36-17-28(39-30)24-14-19(31(33,34)35)10-12-25(24)32)38-29(41)16-22-18(2)37-26-13-11-21(42-3)15-23(22)26/h10-15,17,27,37H,4-9,16H2,1-3H3,(H,36,39)(H,38,41)/t27-/m0/s1. The lowest BCUT2D eigenvalue weighted by Gasteiger charge is -2.17. The minimum atomic E-state index is -4.63. The third-order valence-corrected chi connectivity index (χ3v) is 7.35. The van der Waals surface area contributed by atoms with E-state index in [1.807, 2.05) is 32.0 Å². The Bertz CT molecular complexity index is 1560. The second-order valence-corrected chi connectivity index (χ2v) is 10.3. The monoisotopic (exact) mass is 586 g/mol. The Morgan fingerprint density at radius 1 is 1.07 bits per heavy atom. The summed E-state index contributed by atoms with van der Waals surface area (Å²) in [6, 6.07) is 7.15. The van der Waals surface area contributed by atoms with Crippen LogP contribution in [0.1, 0.15) is 74.1 Å². The average molecular weight is 587 g/mol. The molecule has 224 valence electrons. The number of hydrogen-bond acceptors (Lipinski definition) is 4. The van der Waals surface area contributed by atoms with Crippen LogP contribution in [0.5, 0.6) is 5.75 Å². The van der Waals surface area contributed by atoms with Gasteiger partial charge in [-0.25, -0.2) is 9.37 Å². The van der Waals surface area contributed by atoms with Crippen LogP contribution in [0.15, 0.2) is 42.6 Å². The van der Waals surface area contributed by atoms with E-state index < -0.39 is 23.6 Å². The van der Waals surface area contributed by atoms with Crippen molar-refractivity contribution in [3.63, 3.8) is 0 Å². The lowest BCUT2D eigenvalue weighted by molar-refractivity contribution is -0.137. The molecule has 2 heterocycles. The number of nitrogens with one attached hydrogen (secondary N) is 3. The molecule has 42 heavy (non-hydrogen) atoms. The van der Waals surface area contributed by atoms with Gasteiger partial charge in [-0.15, -0.1) is 0 Å². The number of halogens is 4. The van der Waals surface area contributed by atoms with Gasteiger partial charge in [0, 0.05) is 35.0 Å².